The molecule has 3 aromatic rings. The van der Waals surface area contributed by atoms with Crippen LogP contribution in [0.4, 0.5) is 5.69 Å². The van der Waals surface area contributed by atoms with Crippen molar-refractivity contribution >= 4 is 35.0 Å². The number of anilines is 1. The monoisotopic (exact) mass is 432 g/mol. The van der Waals surface area contributed by atoms with Crippen molar-refractivity contribution in [1.82, 2.24) is 4.90 Å². The zero-order valence-corrected chi connectivity index (χ0v) is 17.2. The number of fused-ring (bicyclic) bond motifs is 1. The van der Waals surface area contributed by atoms with Crippen molar-refractivity contribution in [2.75, 3.05) is 12.0 Å². The van der Waals surface area contributed by atoms with Crippen LogP contribution in [0.3, 0.4) is 0 Å². The SMILES string of the molecule is COc1cccc([C@@H]2[C@@H](N3C(=O)c4ccccc4C3=O)C(=O)N2c2ccc(Cl)cc2)c1. The van der Waals surface area contributed by atoms with E-state index in [1.807, 2.05) is 18.2 Å². The van der Waals surface area contributed by atoms with Gasteiger partial charge in [0.1, 0.15) is 11.8 Å². The minimum absolute atomic E-state index is 0.314. The molecular weight excluding hydrogens is 416 g/mol. The Morgan fingerprint density at radius 3 is 2.03 bits per heavy atom. The number of hydrogen-bond donors (Lipinski definition) is 0. The van der Waals surface area contributed by atoms with E-state index in [-0.39, 0.29) is 5.91 Å². The number of halogens is 1. The highest BCUT2D eigenvalue weighted by Gasteiger charge is 2.57. The average molecular weight is 433 g/mol. The summed E-state index contributed by atoms with van der Waals surface area (Å²) in [5.74, 6) is -0.621. The van der Waals surface area contributed by atoms with E-state index in [1.165, 1.54) is 0 Å². The van der Waals surface area contributed by atoms with E-state index in [9.17, 15) is 14.4 Å². The largest absolute Gasteiger partial charge is 0.497 e. The fourth-order valence-corrected chi connectivity index (χ4v) is 4.36. The van der Waals surface area contributed by atoms with Crippen LogP contribution in [0.2, 0.25) is 5.02 Å². The smallest absolute Gasteiger partial charge is 0.262 e. The molecule has 0 bridgehead atoms. The lowest BCUT2D eigenvalue weighted by Gasteiger charge is -2.49. The lowest BCUT2D eigenvalue weighted by molar-refractivity contribution is -0.130. The molecule has 0 aliphatic carbocycles. The van der Waals surface area contributed by atoms with Crippen LogP contribution in [-0.4, -0.2) is 35.8 Å². The minimum Gasteiger partial charge on any atom is -0.497 e. The molecule has 3 aromatic carbocycles. The summed E-state index contributed by atoms with van der Waals surface area (Å²) in [6, 6.07) is 19.3. The second-order valence-electron chi connectivity index (χ2n) is 7.38. The number of carbonyl (C=O) groups is 3. The number of methoxy groups -OCH3 is 1. The molecule has 1 fully saturated rings. The Bertz CT molecular complexity index is 1190. The van der Waals surface area contributed by atoms with E-state index in [1.54, 1.807) is 66.6 Å². The first-order valence-electron chi connectivity index (χ1n) is 9.71. The summed E-state index contributed by atoms with van der Waals surface area (Å²) in [6.07, 6.45) is 0. The molecule has 7 heteroatoms. The molecule has 6 nitrogen and oxygen atoms in total. The van der Waals surface area contributed by atoms with Gasteiger partial charge in [-0.05, 0) is 54.1 Å². The number of rotatable bonds is 4. The summed E-state index contributed by atoms with van der Waals surface area (Å²) in [5, 5.41) is 0.548. The van der Waals surface area contributed by atoms with Gasteiger partial charge in [-0.15, -0.1) is 0 Å². The lowest BCUT2D eigenvalue weighted by Crippen LogP contribution is -2.67. The summed E-state index contributed by atoms with van der Waals surface area (Å²) in [5.41, 5.74) is 2.02. The topological polar surface area (TPSA) is 66.9 Å². The van der Waals surface area contributed by atoms with Gasteiger partial charge in [-0.25, -0.2) is 0 Å². The molecule has 0 unspecified atom stereocenters. The van der Waals surface area contributed by atoms with Crippen molar-refractivity contribution in [1.29, 1.82) is 0 Å². The highest BCUT2D eigenvalue weighted by atomic mass is 35.5. The summed E-state index contributed by atoms with van der Waals surface area (Å²) in [4.78, 5) is 42.1. The molecule has 2 atom stereocenters. The van der Waals surface area contributed by atoms with Gasteiger partial charge in [-0.1, -0.05) is 35.9 Å². The van der Waals surface area contributed by atoms with Gasteiger partial charge in [0.2, 0.25) is 0 Å². The minimum atomic E-state index is -0.949. The van der Waals surface area contributed by atoms with Crippen molar-refractivity contribution in [2.24, 2.45) is 0 Å². The molecule has 5 rings (SSSR count). The second-order valence-corrected chi connectivity index (χ2v) is 7.81. The van der Waals surface area contributed by atoms with E-state index >= 15 is 0 Å². The third-order valence-electron chi connectivity index (χ3n) is 5.71. The van der Waals surface area contributed by atoms with Crippen molar-refractivity contribution in [3.63, 3.8) is 0 Å². The van der Waals surface area contributed by atoms with Gasteiger partial charge in [-0.3, -0.25) is 19.3 Å². The number of carbonyl (C=O) groups excluding carboxylic acids is 3. The molecule has 0 saturated carbocycles. The van der Waals surface area contributed by atoms with E-state index in [2.05, 4.69) is 0 Å². The third-order valence-corrected chi connectivity index (χ3v) is 5.96. The summed E-state index contributed by atoms with van der Waals surface area (Å²) in [6.45, 7) is 0. The molecule has 154 valence electrons. The Balaban J connectivity index is 1.60. The molecule has 2 heterocycles. The number of benzene rings is 3. The Morgan fingerprint density at radius 2 is 1.42 bits per heavy atom. The van der Waals surface area contributed by atoms with Crippen molar-refractivity contribution in [3.8, 4) is 5.75 Å². The highest BCUT2D eigenvalue weighted by Crippen LogP contribution is 2.44. The number of amides is 3. The Hall–Kier alpha value is -3.64. The van der Waals surface area contributed by atoms with Crippen molar-refractivity contribution < 1.29 is 19.1 Å². The molecule has 2 aliphatic heterocycles. The van der Waals surface area contributed by atoms with Crippen LogP contribution in [0.15, 0.2) is 72.8 Å². The molecule has 0 spiro atoms. The fraction of sp³-hybridized carbons (Fsp3) is 0.125. The maximum Gasteiger partial charge on any atom is 0.262 e. The van der Waals surface area contributed by atoms with Crippen LogP contribution in [0.5, 0.6) is 5.75 Å². The van der Waals surface area contributed by atoms with Crippen LogP contribution >= 0.6 is 11.6 Å². The van der Waals surface area contributed by atoms with Crippen LogP contribution in [0.25, 0.3) is 0 Å². The van der Waals surface area contributed by atoms with Gasteiger partial charge in [0, 0.05) is 10.7 Å². The van der Waals surface area contributed by atoms with E-state index in [0.29, 0.717) is 27.6 Å². The van der Waals surface area contributed by atoms with E-state index in [0.717, 1.165) is 10.5 Å². The first-order chi connectivity index (χ1) is 15.0. The van der Waals surface area contributed by atoms with Crippen molar-refractivity contribution in [3.05, 3.63) is 94.5 Å². The zero-order chi connectivity index (χ0) is 21.7. The van der Waals surface area contributed by atoms with Gasteiger partial charge < -0.3 is 9.64 Å². The number of hydrogen-bond acceptors (Lipinski definition) is 4. The van der Waals surface area contributed by atoms with Gasteiger partial charge in [-0.2, -0.15) is 0 Å². The van der Waals surface area contributed by atoms with Crippen LogP contribution < -0.4 is 9.64 Å². The Morgan fingerprint density at radius 1 is 0.774 bits per heavy atom. The van der Waals surface area contributed by atoms with Crippen molar-refractivity contribution in [2.45, 2.75) is 12.1 Å². The molecule has 0 radical (unpaired) electrons. The van der Waals surface area contributed by atoms with Crippen LogP contribution in [-0.2, 0) is 4.79 Å². The molecule has 0 N–H and O–H groups in total. The maximum absolute atomic E-state index is 13.3. The first-order valence-corrected chi connectivity index (χ1v) is 10.1. The molecule has 0 aromatic heterocycles. The lowest BCUT2D eigenvalue weighted by atomic mass is 9.86. The summed E-state index contributed by atoms with van der Waals surface area (Å²) >= 11 is 6.01. The molecule has 3 amide bonds. The zero-order valence-electron chi connectivity index (χ0n) is 16.5. The van der Waals surface area contributed by atoms with Gasteiger partial charge in [0.05, 0.1) is 24.3 Å². The predicted molar refractivity (Wildman–Crippen MR) is 115 cm³/mol. The predicted octanol–water partition coefficient (Wildman–Crippen LogP) is 4.10. The standard InChI is InChI=1S/C24H17ClN2O4/c1-31-17-6-4-5-14(13-17)20-21(24(30)26(20)16-11-9-15(25)10-12-16)27-22(28)18-7-2-3-8-19(18)23(27)29/h2-13,20-21H,1H3/t20-,21-/m1/s1. The van der Waals surface area contributed by atoms with Crippen LogP contribution in [0.1, 0.15) is 32.3 Å². The fourth-order valence-electron chi connectivity index (χ4n) is 4.23. The van der Waals surface area contributed by atoms with E-state index in [4.69, 9.17) is 16.3 Å². The van der Waals surface area contributed by atoms with Crippen LogP contribution in [0, 0.1) is 0 Å². The summed E-state index contributed by atoms with van der Waals surface area (Å²) in [7, 11) is 1.56. The average Bonchev–Trinajstić information content (AvgIpc) is 3.04. The number of ether oxygens (including phenoxy) is 1. The molecule has 2 aliphatic rings. The quantitative estimate of drug-likeness (QED) is 0.460. The molecular formula is C24H17ClN2O4. The van der Waals surface area contributed by atoms with Gasteiger partial charge >= 0.3 is 0 Å². The normalized spacial score (nSPS) is 20.0. The van der Waals surface area contributed by atoms with E-state index < -0.39 is 23.9 Å². The number of imide groups is 1. The number of β-lactam (4-membered cyclic amide) rings is 1. The molecule has 31 heavy (non-hydrogen) atoms. The Labute approximate surface area is 183 Å². The maximum atomic E-state index is 13.3. The summed E-state index contributed by atoms with van der Waals surface area (Å²) < 4.78 is 5.34. The highest BCUT2D eigenvalue weighted by molar-refractivity contribution is 6.30. The van der Waals surface area contributed by atoms with Gasteiger partial charge in [0.15, 0.2) is 0 Å². The number of nitrogens with zero attached hydrogens (tertiary/aromatic N) is 2. The Kier molecular flexibility index (Phi) is 4.52. The second kappa shape index (κ2) is 7.25. The first kappa shape index (κ1) is 19.3. The van der Waals surface area contributed by atoms with Gasteiger partial charge in [0.25, 0.3) is 17.7 Å². The molecule has 1 saturated heterocycles. The third kappa shape index (κ3) is 2.91.